The molecule has 1 saturated heterocycles. The first-order valence-electron chi connectivity index (χ1n) is 11.6. The van der Waals surface area contributed by atoms with Crippen LogP contribution in [0, 0.1) is 0 Å². The Morgan fingerprint density at radius 1 is 0.839 bits per heavy atom. The number of piperidine rings is 1. The Balaban J connectivity index is 1.41. The maximum atomic E-state index is 9.95. The van der Waals surface area contributed by atoms with Crippen molar-refractivity contribution in [3.8, 4) is 11.5 Å². The van der Waals surface area contributed by atoms with Crippen molar-refractivity contribution in [2.75, 3.05) is 26.2 Å². The van der Waals surface area contributed by atoms with Crippen LogP contribution in [-0.2, 0) is 6.42 Å². The molecule has 2 aliphatic heterocycles. The Morgan fingerprint density at radius 2 is 1.61 bits per heavy atom. The molecule has 2 heterocycles. The van der Waals surface area contributed by atoms with Gasteiger partial charge in [-0.1, -0.05) is 67.1 Å². The molecule has 5 rings (SSSR count). The monoisotopic (exact) mass is 413 g/mol. The Labute approximate surface area is 185 Å². The van der Waals surface area contributed by atoms with E-state index in [0.717, 1.165) is 24.3 Å². The van der Waals surface area contributed by atoms with E-state index in [0.29, 0.717) is 6.61 Å². The molecule has 0 saturated carbocycles. The summed E-state index contributed by atoms with van der Waals surface area (Å²) < 4.78 is 6.09. The van der Waals surface area contributed by atoms with E-state index in [9.17, 15) is 5.11 Å². The number of hydrogen-bond acceptors (Lipinski definition) is 3. The predicted octanol–water partition coefficient (Wildman–Crippen LogP) is 5.73. The van der Waals surface area contributed by atoms with Crippen molar-refractivity contribution >= 4 is 0 Å². The normalized spacial score (nSPS) is 21.3. The second-order valence-electron chi connectivity index (χ2n) is 8.92. The lowest BCUT2D eigenvalue weighted by Gasteiger charge is -2.34. The van der Waals surface area contributed by atoms with Crippen LogP contribution >= 0.6 is 0 Å². The van der Waals surface area contributed by atoms with Gasteiger partial charge in [-0.2, -0.15) is 0 Å². The molecule has 1 unspecified atom stereocenters. The summed E-state index contributed by atoms with van der Waals surface area (Å²) in [5.74, 6) is 1.51. The molecule has 3 heteroatoms. The molecule has 0 aliphatic carbocycles. The maximum absolute atomic E-state index is 9.95. The zero-order chi connectivity index (χ0) is 21.0. The van der Waals surface area contributed by atoms with Crippen molar-refractivity contribution in [1.29, 1.82) is 0 Å². The van der Waals surface area contributed by atoms with E-state index in [4.69, 9.17) is 4.74 Å². The van der Waals surface area contributed by atoms with Gasteiger partial charge in [0.05, 0.1) is 6.61 Å². The minimum absolute atomic E-state index is 0.211. The molecule has 3 aromatic rings. The van der Waals surface area contributed by atoms with Gasteiger partial charge in [0.25, 0.3) is 0 Å². The van der Waals surface area contributed by atoms with Crippen LogP contribution in [0.4, 0.5) is 0 Å². The molecule has 3 aromatic carbocycles. The van der Waals surface area contributed by atoms with Gasteiger partial charge in [-0.25, -0.2) is 0 Å². The average Bonchev–Trinajstić information content (AvgIpc) is 2.83. The average molecular weight is 414 g/mol. The van der Waals surface area contributed by atoms with Gasteiger partial charge in [0.15, 0.2) is 0 Å². The minimum Gasteiger partial charge on any atom is -0.508 e. The van der Waals surface area contributed by atoms with Crippen LogP contribution in [0.15, 0.2) is 72.8 Å². The van der Waals surface area contributed by atoms with Gasteiger partial charge >= 0.3 is 0 Å². The Morgan fingerprint density at radius 3 is 2.39 bits per heavy atom. The van der Waals surface area contributed by atoms with Crippen LogP contribution in [0.25, 0.3) is 0 Å². The van der Waals surface area contributed by atoms with Gasteiger partial charge in [-0.15, -0.1) is 0 Å². The standard InChI is InChI=1S/C28H31NO2/c30-24-13-14-25-27(19-24)31-20-26(22-7-3-1-4-8-22)28(25)23-11-9-21(10-12-23)15-18-29-16-5-2-6-17-29/h1,3-4,7-14,19,26,28,30H,2,5-6,15-18,20H2/t26-,28?/m1/s1. The molecule has 2 aliphatic rings. The summed E-state index contributed by atoms with van der Waals surface area (Å²) in [6.07, 6.45) is 5.19. The topological polar surface area (TPSA) is 32.7 Å². The summed E-state index contributed by atoms with van der Waals surface area (Å²) in [5.41, 5.74) is 5.16. The largest absolute Gasteiger partial charge is 0.508 e. The van der Waals surface area contributed by atoms with Crippen molar-refractivity contribution < 1.29 is 9.84 Å². The molecular weight excluding hydrogens is 382 g/mol. The SMILES string of the molecule is Oc1ccc2c(c1)OC[C@H](c1ccccc1)C2c1ccc(CCN2CCCCC2)cc1. The fourth-order valence-electron chi connectivity index (χ4n) is 5.16. The van der Waals surface area contributed by atoms with Crippen LogP contribution < -0.4 is 4.74 Å². The van der Waals surface area contributed by atoms with Crippen molar-refractivity contribution in [2.45, 2.75) is 37.5 Å². The third-order valence-corrected chi connectivity index (χ3v) is 6.88. The lowest BCUT2D eigenvalue weighted by atomic mass is 9.75. The van der Waals surface area contributed by atoms with Crippen LogP contribution in [0.1, 0.15) is 53.4 Å². The van der Waals surface area contributed by atoms with Crippen molar-refractivity contribution in [2.24, 2.45) is 0 Å². The number of hydrogen-bond donors (Lipinski definition) is 1. The number of fused-ring (bicyclic) bond motifs is 1. The summed E-state index contributed by atoms with van der Waals surface area (Å²) in [5, 5.41) is 9.95. The fraction of sp³-hybridized carbons (Fsp3) is 0.357. The number of aromatic hydroxyl groups is 1. The molecule has 0 radical (unpaired) electrons. The molecule has 2 atom stereocenters. The predicted molar refractivity (Wildman–Crippen MR) is 125 cm³/mol. The molecule has 0 amide bonds. The minimum atomic E-state index is 0.211. The lowest BCUT2D eigenvalue weighted by Crippen LogP contribution is -2.31. The number of rotatable bonds is 5. The first kappa shape index (κ1) is 20.1. The molecule has 3 nitrogen and oxygen atoms in total. The van der Waals surface area contributed by atoms with Crippen LogP contribution in [0.3, 0.4) is 0 Å². The molecular formula is C28H31NO2. The summed E-state index contributed by atoms with van der Waals surface area (Å²) in [6.45, 7) is 4.28. The van der Waals surface area contributed by atoms with E-state index in [1.165, 1.54) is 49.0 Å². The molecule has 160 valence electrons. The van der Waals surface area contributed by atoms with Gasteiger partial charge < -0.3 is 14.7 Å². The number of benzene rings is 3. The van der Waals surface area contributed by atoms with E-state index in [2.05, 4.69) is 59.5 Å². The summed E-state index contributed by atoms with van der Waals surface area (Å²) >= 11 is 0. The van der Waals surface area contributed by atoms with Gasteiger partial charge in [-0.3, -0.25) is 0 Å². The molecule has 31 heavy (non-hydrogen) atoms. The van der Waals surface area contributed by atoms with Crippen molar-refractivity contribution in [3.63, 3.8) is 0 Å². The highest BCUT2D eigenvalue weighted by Gasteiger charge is 2.33. The van der Waals surface area contributed by atoms with Crippen LogP contribution in [0.2, 0.25) is 0 Å². The Kier molecular flexibility index (Phi) is 5.95. The second kappa shape index (κ2) is 9.15. The molecule has 1 N–H and O–H groups in total. The third kappa shape index (κ3) is 4.47. The zero-order valence-electron chi connectivity index (χ0n) is 18.0. The number of nitrogens with zero attached hydrogens (tertiary/aromatic N) is 1. The van der Waals surface area contributed by atoms with E-state index in [-0.39, 0.29) is 17.6 Å². The molecule has 0 bridgehead atoms. The molecule has 0 aromatic heterocycles. The fourth-order valence-corrected chi connectivity index (χ4v) is 5.16. The lowest BCUT2D eigenvalue weighted by molar-refractivity contribution is 0.231. The number of likely N-dealkylation sites (tertiary alicyclic amines) is 1. The van der Waals surface area contributed by atoms with Gasteiger partial charge in [0.1, 0.15) is 11.5 Å². The smallest absolute Gasteiger partial charge is 0.126 e. The first-order chi connectivity index (χ1) is 15.3. The second-order valence-corrected chi connectivity index (χ2v) is 8.92. The zero-order valence-corrected chi connectivity index (χ0v) is 18.0. The Bertz CT molecular complexity index is 993. The highest BCUT2D eigenvalue weighted by molar-refractivity contribution is 5.50. The number of ether oxygens (including phenoxy) is 1. The van der Waals surface area contributed by atoms with Crippen LogP contribution in [-0.4, -0.2) is 36.2 Å². The van der Waals surface area contributed by atoms with Gasteiger partial charge in [0.2, 0.25) is 0 Å². The summed E-state index contributed by atoms with van der Waals surface area (Å²) in [7, 11) is 0. The molecule has 0 spiro atoms. The maximum Gasteiger partial charge on any atom is 0.126 e. The quantitative estimate of drug-likeness (QED) is 0.580. The summed E-state index contributed by atoms with van der Waals surface area (Å²) in [6, 6.07) is 25.4. The van der Waals surface area contributed by atoms with Crippen molar-refractivity contribution in [3.05, 3.63) is 95.1 Å². The highest BCUT2D eigenvalue weighted by Crippen LogP contribution is 2.46. The first-order valence-corrected chi connectivity index (χ1v) is 11.6. The third-order valence-electron chi connectivity index (χ3n) is 6.88. The van der Waals surface area contributed by atoms with E-state index in [1.54, 1.807) is 12.1 Å². The van der Waals surface area contributed by atoms with Gasteiger partial charge in [-0.05, 0) is 55.1 Å². The van der Waals surface area contributed by atoms with E-state index in [1.807, 2.05) is 6.07 Å². The van der Waals surface area contributed by atoms with Crippen molar-refractivity contribution in [1.82, 2.24) is 4.90 Å². The van der Waals surface area contributed by atoms with Gasteiger partial charge in [0, 0.05) is 30.0 Å². The Hall–Kier alpha value is -2.78. The number of phenols is 1. The molecule has 1 fully saturated rings. The highest BCUT2D eigenvalue weighted by atomic mass is 16.5. The summed E-state index contributed by atoms with van der Waals surface area (Å²) in [4.78, 5) is 2.60. The number of phenolic OH excluding ortho intramolecular Hbond substituents is 1. The van der Waals surface area contributed by atoms with Crippen LogP contribution in [0.5, 0.6) is 11.5 Å². The van der Waals surface area contributed by atoms with E-state index >= 15 is 0 Å². The van der Waals surface area contributed by atoms with E-state index < -0.39 is 0 Å².